The summed E-state index contributed by atoms with van der Waals surface area (Å²) in [7, 11) is 0. The van der Waals surface area contributed by atoms with Gasteiger partial charge in [0.25, 0.3) is 0 Å². The summed E-state index contributed by atoms with van der Waals surface area (Å²) in [4.78, 5) is 16.2. The van der Waals surface area contributed by atoms with Crippen LogP contribution in [0.2, 0.25) is 0 Å². The highest BCUT2D eigenvalue weighted by Gasteiger charge is 2.32. The van der Waals surface area contributed by atoms with Gasteiger partial charge in [-0.25, -0.2) is 0 Å². The van der Waals surface area contributed by atoms with Crippen molar-refractivity contribution in [2.75, 3.05) is 37.6 Å². The van der Waals surface area contributed by atoms with Gasteiger partial charge in [-0.05, 0) is 62.8 Å². The average Bonchev–Trinajstić information content (AvgIpc) is 2.72. The maximum atomic E-state index is 12.3. The first-order valence-electron chi connectivity index (χ1n) is 10.7. The van der Waals surface area contributed by atoms with Crippen molar-refractivity contribution in [3.05, 3.63) is 29.8 Å². The molecule has 164 valence electrons. The van der Waals surface area contributed by atoms with Gasteiger partial charge >= 0.3 is 6.18 Å². The molecular formula is C22H29F3N4O. The van der Waals surface area contributed by atoms with E-state index in [1.165, 1.54) is 0 Å². The molecule has 0 atom stereocenters. The minimum atomic E-state index is -4.44. The Labute approximate surface area is 175 Å². The van der Waals surface area contributed by atoms with E-state index >= 15 is 0 Å². The predicted molar refractivity (Wildman–Crippen MR) is 109 cm³/mol. The number of anilines is 1. The number of carbonyl (C=O) groups is 1. The number of carbonyl (C=O) groups excluding carboxylic acids is 1. The summed E-state index contributed by atoms with van der Waals surface area (Å²) in [5.41, 5.74) is 1.78. The van der Waals surface area contributed by atoms with Gasteiger partial charge in [0.2, 0.25) is 5.91 Å². The first-order chi connectivity index (χ1) is 14.3. The van der Waals surface area contributed by atoms with E-state index in [0.29, 0.717) is 11.5 Å². The number of nitrogens with zero attached hydrogens (tertiary/aromatic N) is 3. The minimum Gasteiger partial charge on any atom is -0.369 e. The van der Waals surface area contributed by atoms with E-state index in [1.54, 1.807) is 0 Å². The molecule has 0 radical (unpaired) electrons. The fraction of sp³-hybridized carbons (Fsp3) is 0.636. The molecule has 2 aliphatic rings. The second-order valence-corrected chi connectivity index (χ2v) is 8.36. The molecule has 1 aromatic carbocycles. The smallest absolute Gasteiger partial charge is 0.369 e. The predicted octanol–water partition coefficient (Wildman–Crippen LogP) is 3.70. The Morgan fingerprint density at radius 1 is 1.13 bits per heavy atom. The van der Waals surface area contributed by atoms with E-state index in [2.05, 4.69) is 21.2 Å². The van der Waals surface area contributed by atoms with Crippen molar-refractivity contribution in [2.24, 2.45) is 5.92 Å². The van der Waals surface area contributed by atoms with Gasteiger partial charge in [0, 0.05) is 37.9 Å². The third-order valence-corrected chi connectivity index (χ3v) is 6.14. The van der Waals surface area contributed by atoms with Gasteiger partial charge < -0.3 is 10.2 Å². The lowest BCUT2D eigenvalue weighted by molar-refractivity contribution is -0.154. The molecule has 1 amide bonds. The van der Waals surface area contributed by atoms with E-state index in [0.717, 1.165) is 70.5 Å². The largest absolute Gasteiger partial charge is 0.397 e. The summed E-state index contributed by atoms with van der Waals surface area (Å²) in [6, 6.07) is 9.77. The number of hydrogen-bond acceptors (Lipinski definition) is 4. The highest BCUT2D eigenvalue weighted by Crippen LogP contribution is 2.28. The summed E-state index contributed by atoms with van der Waals surface area (Å²) in [5, 5.41) is 11.6. The molecule has 1 saturated heterocycles. The average molecular weight is 422 g/mol. The van der Waals surface area contributed by atoms with Crippen LogP contribution in [0.5, 0.6) is 0 Å². The van der Waals surface area contributed by atoms with Crippen molar-refractivity contribution < 1.29 is 18.0 Å². The number of hydrogen-bond donors (Lipinski definition) is 1. The van der Waals surface area contributed by atoms with Crippen LogP contribution in [0.4, 0.5) is 18.9 Å². The molecule has 0 spiro atoms. The Morgan fingerprint density at radius 3 is 2.47 bits per heavy atom. The van der Waals surface area contributed by atoms with Crippen molar-refractivity contribution in [3.8, 4) is 6.07 Å². The monoisotopic (exact) mass is 422 g/mol. The van der Waals surface area contributed by atoms with E-state index < -0.39 is 18.5 Å². The molecule has 1 aliphatic carbocycles. The van der Waals surface area contributed by atoms with Crippen LogP contribution < -0.4 is 10.2 Å². The van der Waals surface area contributed by atoms with Crippen LogP contribution in [0, 0.1) is 17.2 Å². The maximum Gasteiger partial charge on any atom is 0.397 e. The Bertz CT molecular complexity index is 745. The SMILES string of the molecule is N#Cc1cccc(N2CCN(CCC3CCC(NC(=O)CC(F)(F)F)CC3)CC2)c1. The van der Waals surface area contributed by atoms with Crippen LogP contribution in [0.25, 0.3) is 0 Å². The van der Waals surface area contributed by atoms with Crippen molar-refractivity contribution in [1.82, 2.24) is 10.2 Å². The standard InChI is InChI=1S/C22H29F3N4O/c23-22(24,25)15-21(30)27-19-6-4-17(5-7-19)8-9-28-10-12-29(13-11-28)20-3-1-2-18(14-20)16-26/h1-3,14,17,19H,4-13,15H2,(H,27,30). The van der Waals surface area contributed by atoms with Crippen LogP contribution in [0.15, 0.2) is 24.3 Å². The number of nitriles is 1. The Morgan fingerprint density at radius 2 is 1.83 bits per heavy atom. The lowest BCUT2D eigenvalue weighted by Crippen LogP contribution is -2.47. The quantitative estimate of drug-likeness (QED) is 0.760. The van der Waals surface area contributed by atoms with Gasteiger partial charge in [-0.3, -0.25) is 9.69 Å². The first kappa shape index (κ1) is 22.4. The van der Waals surface area contributed by atoms with Gasteiger partial charge in [0.1, 0.15) is 6.42 Å². The van der Waals surface area contributed by atoms with Crippen LogP contribution in [0.3, 0.4) is 0 Å². The van der Waals surface area contributed by atoms with Crippen LogP contribution in [-0.4, -0.2) is 55.7 Å². The Hall–Kier alpha value is -2.27. The number of nitrogens with one attached hydrogen (secondary N) is 1. The third kappa shape index (κ3) is 6.91. The Balaban J connectivity index is 1.33. The number of benzene rings is 1. The summed E-state index contributed by atoms with van der Waals surface area (Å²) < 4.78 is 36.8. The lowest BCUT2D eigenvalue weighted by atomic mass is 9.84. The van der Waals surface area contributed by atoms with Crippen molar-refractivity contribution in [3.63, 3.8) is 0 Å². The zero-order valence-electron chi connectivity index (χ0n) is 17.1. The minimum absolute atomic E-state index is 0.121. The molecule has 0 unspecified atom stereocenters. The zero-order chi connectivity index (χ0) is 21.6. The molecule has 8 heteroatoms. The third-order valence-electron chi connectivity index (χ3n) is 6.14. The molecule has 1 heterocycles. The summed E-state index contributed by atoms with van der Waals surface area (Å²) in [6.07, 6.45) is -1.30. The van der Waals surface area contributed by atoms with E-state index in [1.807, 2.05) is 24.3 Å². The first-order valence-corrected chi connectivity index (χ1v) is 10.7. The summed E-state index contributed by atoms with van der Waals surface area (Å²) in [5.74, 6) is -0.338. The number of rotatable bonds is 6. The van der Waals surface area contributed by atoms with Crippen molar-refractivity contribution in [1.29, 1.82) is 5.26 Å². The highest BCUT2D eigenvalue weighted by atomic mass is 19.4. The normalized spacial score (nSPS) is 23.1. The molecule has 5 nitrogen and oxygen atoms in total. The number of piperazine rings is 1. The summed E-state index contributed by atoms with van der Waals surface area (Å²) in [6.45, 7) is 4.88. The van der Waals surface area contributed by atoms with Gasteiger partial charge in [0.05, 0.1) is 11.6 Å². The lowest BCUT2D eigenvalue weighted by Gasteiger charge is -2.37. The molecule has 1 aromatic rings. The van der Waals surface area contributed by atoms with E-state index in [4.69, 9.17) is 5.26 Å². The topological polar surface area (TPSA) is 59.4 Å². The van der Waals surface area contributed by atoms with Crippen LogP contribution in [0.1, 0.15) is 44.1 Å². The van der Waals surface area contributed by atoms with Gasteiger partial charge in [0.15, 0.2) is 0 Å². The maximum absolute atomic E-state index is 12.3. The second kappa shape index (κ2) is 10.2. The number of alkyl halides is 3. The van der Waals surface area contributed by atoms with Gasteiger partial charge in [-0.1, -0.05) is 6.07 Å². The molecule has 0 bridgehead atoms. The Kier molecular flexibility index (Phi) is 7.59. The molecule has 2 fully saturated rings. The second-order valence-electron chi connectivity index (χ2n) is 8.36. The fourth-order valence-electron chi connectivity index (χ4n) is 4.42. The molecule has 1 N–H and O–H groups in total. The molecule has 1 aliphatic heterocycles. The number of amides is 1. The molecule has 1 saturated carbocycles. The van der Waals surface area contributed by atoms with Gasteiger partial charge in [-0.15, -0.1) is 0 Å². The fourth-order valence-corrected chi connectivity index (χ4v) is 4.42. The highest BCUT2D eigenvalue weighted by molar-refractivity contribution is 5.76. The molecule has 30 heavy (non-hydrogen) atoms. The van der Waals surface area contributed by atoms with Crippen molar-refractivity contribution in [2.45, 2.75) is 50.7 Å². The van der Waals surface area contributed by atoms with Crippen molar-refractivity contribution >= 4 is 11.6 Å². The summed E-state index contributed by atoms with van der Waals surface area (Å²) >= 11 is 0. The van der Waals surface area contributed by atoms with Gasteiger partial charge in [-0.2, -0.15) is 18.4 Å². The molecule has 0 aromatic heterocycles. The van der Waals surface area contributed by atoms with Crippen LogP contribution in [-0.2, 0) is 4.79 Å². The zero-order valence-corrected chi connectivity index (χ0v) is 17.1. The number of halogens is 3. The molecule has 3 rings (SSSR count). The van der Waals surface area contributed by atoms with Crippen LogP contribution >= 0.6 is 0 Å². The van der Waals surface area contributed by atoms with E-state index in [-0.39, 0.29) is 6.04 Å². The van der Waals surface area contributed by atoms with E-state index in [9.17, 15) is 18.0 Å². The molecular weight excluding hydrogens is 393 g/mol.